The van der Waals surface area contributed by atoms with Crippen molar-refractivity contribution in [3.05, 3.63) is 34.9 Å². The van der Waals surface area contributed by atoms with Crippen molar-refractivity contribution in [2.75, 3.05) is 0 Å². The summed E-state index contributed by atoms with van der Waals surface area (Å²) >= 11 is 0. The van der Waals surface area contributed by atoms with Crippen molar-refractivity contribution in [2.45, 2.75) is 12.8 Å². The lowest BCUT2D eigenvalue weighted by Gasteiger charge is -2.00. The second-order valence-corrected chi connectivity index (χ2v) is 3.65. The van der Waals surface area contributed by atoms with Gasteiger partial charge >= 0.3 is 0 Å². The molecule has 1 aromatic carbocycles. The molecule has 3 heteroatoms. The molecule has 2 rings (SSSR count). The van der Waals surface area contributed by atoms with Gasteiger partial charge in [0.2, 0.25) is 5.91 Å². The van der Waals surface area contributed by atoms with Crippen LogP contribution < -0.4 is 5.73 Å². The number of rotatable bonds is 2. The summed E-state index contributed by atoms with van der Waals surface area (Å²) in [7, 11) is 0. The Labute approximate surface area is 81.9 Å². The summed E-state index contributed by atoms with van der Waals surface area (Å²) in [5, 5.41) is 0. The van der Waals surface area contributed by atoms with Crippen molar-refractivity contribution < 1.29 is 9.59 Å². The Hall–Kier alpha value is -1.64. The highest BCUT2D eigenvalue weighted by Gasteiger charge is 2.25. The normalized spacial score (nSPS) is 19.0. The van der Waals surface area contributed by atoms with E-state index in [2.05, 4.69) is 0 Å². The second-order valence-electron chi connectivity index (χ2n) is 3.65. The topological polar surface area (TPSA) is 60.2 Å². The van der Waals surface area contributed by atoms with E-state index < -0.39 is 0 Å². The van der Waals surface area contributed by atoms with Gasteiger partial charge in [0.25, 0.3) is 0 Å². The van der Waals surface area contributed by atoms with Crippen molar-refractivity contribution in [2.24, 2.45) is 11.7 Å². The molecule has 0 heterocycles. The molecule has 0 aliphatic heterocycles. The van der Waals surface area contributed by atoms with Crippen molar-refractivity contribution >= 4 is 12.2 Å². The van der Waals surface area contributed by atoms with E-state index in [1.165, 1.54) is 0 Å². The fraction of sp³-hybridized carbons (Fsp3) is 0.273. The first-order valence-corrected chi connectivity index (χ1v) is 4.57. The van der Waals surface area contributed by atoms with Gasteiger partial charge in [-0.05, 0) is 30.0 Å². The van der Waals surface area contributed by atoms with Gasteiger partial charge in [-0.15, -0.1) is 0 Å². The molecule has 14 heavy (non-hydrogen) atoms. The third-order valence-electron chi connectivity index (χ3n) is 2.70. The molecule has 1 aliphatic carbocycles. The number of benzene rings is 1. The first kappa shape index (κ1) is 8.94. The Kier molecular flexibility index (Phi) is 2.08. The zero-order valence-corrected chi connectivity index (χ0v) is 7.69. The molecule has 2 N–H and O–H groups in total. The van der Waals surface area contributed by atoms with Gasteiger partial charge < -0.3 is 5.73 Å². The maximum absolute atomic E-state index is 11.0. The minimum absolute atomic E-state index is 0.0908. The Morgan fingerprint density at radius 3 is 2.71 bits per heavy atom. The first-order chi connectivity index (χ1) is 6.70. The predicted molar refractivity (Wildman–Crippen MR) is 51.9 cm³/mol. The first-order valence-electron chi connectivity index (χ1n) is 4.57. The number of hydrogen-bond donors (Lipinski definition) is 1. The van der Waals surface area contributed by atoms with Crippen LogP contribution in [0.15, 0.2) is 18.2 Å². The standard InChI is InChI=1S/C11H11NO2/c12-11(14)10-4-8-2-1-7(6-13)3-9(8)5-10/h1-3,6,10H,4-5H2,(H2,12,14)/t10-/m1/s1. The van der Waals surface area contributed by atoms with Crippen LogP contribution in [0.2, 0.25) is 0 Å². The highest BCUT2D eigenvalue weighted by atomic mass is 16.1. The molecule has 1 aromatic rings. The zero-order valence-electron chi connectivity index (χ0n) is 7.69. The highest BCUT2D eigenvalue weighted by Crippen LogP contribution is 2.26. The minimum Gasteiger partial charge on any atom is -0.369 e. The number of amides is 1. The Morgan fingerprint density at radius 2 is 2.07 bits per heavy atom. The molecule has 0 saturated carbocycles. The van der Waals surface area contributed by atoms with E-state index in [9.17, 15) is 9.59 Å². The SMILES string of the molecule is NC(=O)[C@@H]1Cc2ccc(C=O)cc2C1. The molecule has 0 bridgehead atoms. The molecule has 1 atom stereocenters. The minimum atomic E-state index is -0.256. The van der Waals surface area contributed by atoms with Gasteiger partial charge in [0.1, 0.15) is 6.29 Å². The van der Waals surface area contributed by atoms with Gasteiger partial charge in [0.15, 0.2) is 0 Å². The lowest BCUT2D eigenvalue weighted by molar-refractivity contribution is -0.121. The quantitative estimate of drug-likeness (QED) is 0.696. The number of aldehydes is 1. The lowest BCUT2D eigenvalue weighted by Crippen LogP contribution is -2.23. The molecular formula is C11H11NO2. The molecule has 0 aromatic heterocycles. The highest BCUT2D eigenvalue weighted by molar-refractivity contribution is 5.79. The average Bonchev–Trinajstić information content (AvgIpc) is 2.59. The van der Waals surface area contributed by atoms with Gasteiger partial charge in [-0.3, -0.25) is 9.59 Å². The van der Waals surface area contributed by atoms with Crippen LogP contribution in [0.3, 0.4) is 0 Å². The summed E-state index contributed by atoms with van der Waals surface area (Å²) in [4.78, 5) is 21.5. The number of carbonyl (C=O) groups is 2. The maximum atomic E-state index is 11.0. The van der Waals surface area contributed by atoms with Gasteiger partial charge in [-0.1, -0.05) is 12.1 Å². The van der Waals surface area contributed by atoms with Crippen LogP contribution in [0.5, 0.6) is 0 Å². The molecular weight excluding hydrogens is 178 g/mol. The van der Waals surface area contributed by atoms with Gasteiger partial charge in [-0.2, -0.15) is 0 Å². The smallest absolute Gasteiger partial charge is 0.221 e. The van der Waals surface area contributed by atoms with E-state index in [1.807, 2.05) is 12.1 Å². The summed E-state index contributed by atoms with van der Waals surface area (Å²) in [5.74, 6) is -0.347. The van der Waals surface area contributed by atoms with Crippen molar-refractivity contribution in [3.63, 3.8) is 0 Å². The van der Waals surface area contributed by atoms with Crippen LogP contribution in [0, 0.1) is 5.92 Å². The van der Waals surface area contributed by atoms with E-state index in [1.54, 1.807) is 6.07 Å². The van der Waals surface area contributed by atoms with Crippen LogP contribution in [0.25, 0.3) is 0 Å². The zero-order chi connectivity index (χ0) is 10.1. The largest absolute Gasteiger partial charge is 0.369 e. The number of carbonyl (C=O) groups excluding carboxylic acids is 2. The predicted octanol–water partition coefficient (Wildman–Crippen LogP) is 0.699. The molecule has 0 unspecified atom stereocenters. The van der Waals surface area contributed by atoms with Crippen molar-refractivity contribution in [1.82, 2.24) is 0 Å². The summed E-state index contributed by atoms with van der Waals surface area (Å²) in [6.45, 7) is 0. The molecule has 1 aliphatic rings. The van der Waals surface area contributed by atoms with E-state index in [-0.39, 0.29) is 11.8 Å². The van der Waals surface area contributed by atoms with E-state index in [4.69, 9.17) is 5.73 Å². The molecule has 3 nitrogen and oxygen atoms in total. The summed E-state index contributed by atoms with van der Waals surface area (Å²) < 4.78 is 0. The summed E-state index contributed by atoms with van der Waals surface area (Å²) in [6.07, 6.45) is 2.20. The number of fused-ring (bicyclic) bond motifs is 1. The Balaban J connectivity index is 2.31. The molecule has 0 saturated heterocycles. The third kappa shape index (κ3) is 1.41. The van der Waals surface area contributed by atoms with Crippen LogP contribution in [-0.4, -0.2) is 12.2 Å². The maximum Gasteiger partial charge on any atom is 0.221 e. The lowest BCUT2D eigenvalue weighted by atomic mass is 10.1. The summed E-state index contributed by atoms with van der Waals surface area (Å²) in [5.41, 5.74) is 8.12. The van der Waals surface area contributed by atoms with E-state index >= 15 is 0 Å². The van der Waals surface area contributed by atoms with Crippen LogP contribution in [0.4, 0.5) is 0 Å². The summed E-state index contributed by atoms with van der Waals surface area (Å²) in [6, 6.07) is 5.52. The van der Waals surface area contributed by atoms with Crippen molar-refractivity contribution in [1.29, 1.82) is 0 Å². The van der Waals surface area contributed by atoms with E-state index in [0.29, 0.717) is 18.4 Å². The van der Waals surface area contributed by atoms with Crippen LogP contribution in [0.1, 0.15) is 21.5 Å². The van der Waals surface area contributed by atoms with Gasteiger partial charge in [0, 0.05) is 11.5 Å². The molecule has 0 spiro atoms. The fourth-order valence-corrected chi connectivity index (χ4v) is 1.91. The number of primary amides is 1. The second kappa shape index (κ2) is 3.25. The number of hydrogen-bond acceptors (Lipinski definition) is 2. The molecule has 72 valence electrons. The molecule has 0 fully saturated rings. The fourth-order valence-electron chi connectivity index (χ4n) is 1.91. The van der Waals surface area contributed by atoms with Crippen molar-refractivity contribution in [3.8, 4) is 0 Å². The molecule has 0 radical (unpaired) electrons. The van der Waals surface area contributed by atoms with Gasteiger partial charge in [-0.25, -0.2) is 0 Å². The van der Waals surface area contributed by atoms with Crippen LogP contribution >= 0.6 is 0 Å². The van der Waals surface area contributed by atoms with E-state index in [0.717, 1.165) is 17.4 Å². The Morgan fingerprint density at radius 1 is 1.36 bits per heavy atom. The van der Waals surface area contributed by atoms with Gasteiger partial charge in [0.05, 0.1) is 0 Å². The number of nitrogens with two attached hydrogens (primary N) is 1. The Bertz CT molecular complexity index is 398. The van der Waals surface area contributed by atoms with Crippen LogP contribution in [-0.2, 0) is 17.6 Å². The monoisotopic (exact) mass is 189 g/mol. The third-order valence-corrected chi connectivity index (χ3v) is 2.70. The molecule has 1 amide bonds. The average molecular weight is 189 g/mol.